The van der Waals surface area contributed by atoms with E-state index >= 15 is 0 Å². The van der Waals surface area contributed by atoms with Crippen LogP contribution in [-0.4, -0.2) is 18.5 Å². The third-order valence-corrected chi connectivity index (χ3v) is 10.2. The molecule has 0 N–H and O–H groups in total. The van der Waals surface area contributed by atoms with Crippen molar-refractivity contribution in [2.45, 2.75) is 0 Å². The number of benzene rings is 7. The van der Waals surface area contributed by atoms with Crippen LogP contribution in [0.5, 0.6) is 0 Å². The van der Waals surface area contributed by atoms with Crippen molar-refractivity contribution in [1.82, 2.24) is 18.5 Å². The van der Waals surface area contributed by atoms with Crippen LogP contribution in [0.15, 0.2) is 170 Å². The molecule has 7 aromatic carbocycles. The lowest BCUT2D eigenvalue weighted by Crippen LogP contribution is -2.00. The van der Waals surface area contributed by atoms with Crippen LogP contribution in [0.3, 0.4) is 0 Å². The van der Waals surface area contributed by atoms with Crippen molar-refractivity contribution < 1.29 is 0 Å². The van der Waals surface area contributed by atoms with Crippen molar-refractivity contribution in [3.8, 4) is 22.5 Å². The minimum Gasteiger partial charge on any atom is -0.309 e. The number of para-hydroxylation sites is 5. The topological polar surface area (TPSA) is 27.2 Å². The van der Waals surface area contributed by atoms with Gasteiger partial charge in [0, 0.05) is 38.3 Å². The molecule has 11 rings (SSSR count). The lowest BCUT2D eigenvalue weighted by Gasteiger charge is -2.14. The summed E-state index contributed by atoms with van der Waals surface area (Å²) in [6, 6.07) is 61.2. The largest absolute Gasteiger partial charge is 0.309 e. The molecule has 4 aromatic heterocycles. The lowest BCUT2D eigenvalue weighted by molar-refractivity contribution is 1.11. The third kappa shape index (κ3) is 3.66. The Morgan fingerprint density at radius 3 is 1.51 bits per heavy atom. The summed E-state index contributed by atoms with van der Waals surface area (Å²) < 4.78 is 7.18. The Kier molecular flexibility index (Phi) is 5.35. The van der Waals surface area contributed by atoms with E-state index in [0.29, 0.717) is 0 Å². The first-order chi connectivity index (χ1) is 24.3. The number of fused-ring (bicyclic) bond motifs is 13. The van der Waals surface area contributed by atoms with Gasteiger partial charge in [0.1, 0.15) is 11.3 Å². The zero-order chi connectivity index (χ0) is 32.1. The molecule has 0 saturated carbocycles. The number of imidazole rings is 1. The highest BCUT2D eigenvalue weighted by Gasteiger charge is 2.21. The van der Waals surface area contributed by atoms with E-state index in [4.69, 9.17) is 4.98 Å². The van der Waals surface area contributed by atoms with Gasteiger partial charge in [-0.2, -0.15) is 0 Å². The molecule has 4 nitrogen and oxygen atoms in total. The number of nitrogens with zero attached hydrogens (tertiary/aromatic N) is 4. The van der Waals surface area contributed by atoms with Crippen molar-refractivity contribution in [2.24, 2.45) is 0 Å². The van der Waals surface area contributed by atoms with Gasteiger partial charge < -0.3 is 4.57 Å². The fraction of sp³-hybridized carbons (Fsp3) is 0. The smallest absolute Gasteiger partial charge is 0.147 e. The highest BCUT2D eigenvalue weighted by Crippen LogP contribution is 2.41. The Bertz CT molecular complexity index is 3060. The molecular weight excluding hydrogens is 597 g/mol. The van der Waals surface area contributed by atoms with Gasteiger partial charge in [0.2, 0.25) is 0 Å². The molecule has 0 unspecified atom stereocenters. The first-order valence-electron chi connectivity index (χ1n) is 16.7. The van der Waals surface area contributed by atoms with Crippen molar-refractivity contribution in [3.05, 3.63) is 170 Å². The van der Waals surface area contributed by atoms with E-state index in [1.165, 1.54) is 54.6 Å². The van der Waals surface area contributed by atoms with Gasteiger partial charge >= 0.3 is 0 Å². The predicted octanol–water partition coefficient (Wildman–Crippen LogP) is 11.5. The van der Waals surface area contributed by atoms with Crippen LogP contribution in [-0.2, 0) is 0 Å². The number of rotatable bonds is 3. The molecule has 0 saturated heterocycles. The maximum absolute atomic E-state index is 5.19. The quantitative estimate of drug-likeness (QED) is 0.192. The Morgan fingerprint density at radius 1 is 0.367 bits per heavy atom. The summed E-state index contributed by atoms with van der Waals surface area (Å²) in [5.74, 6) is 0. The average molecular weight is 625 g/mol. The van der Waals surface area contributed by atoms with Crippen LogP contribution < -0.4 is 0 Å². The van der Waals surface area contributed by atoms with E-state index in [1.807, 2.05) is 0 Å². The molecule has 0 fully saturated rings. The molecule has 4 heterocycles. The van der Waals surface area contributed by atoms with Crippen LogP contribution in [0.2, 0.25) is 0 Å². The first-order valence-corrected chi connectivity index (χ1v) is 16.7. The summed E-state index contributed by atoms with van der Waals surface area (Å²) in [7, 11) is 0. The van der Waals surface area contributed by atoms with Crippen LogP contribution in [0.25, 0.3) is 93.7 Å². The lowest BCUT2D eigenvalue weighted by atomic mass is 10.0. The zero-order valence-corrected chi connectivity index (χ0v) is 26.5. The predicted molar refractivity (Wildman–Crippen MR) is 204 cm³/mol. The Labute approximate surface area is 281 Å². The maximum Gasteiger partial charge on any atom is 0.147 e. The minimum absolute atomic E-state index is 0.975. The SMILES string of the molecule is c1cc(-c2cccc(-n3c4ccccc4c4c5ccccc5c5nc6ccccc6n5c43)c2)cc(-n2c3ccccc3c3ccccc32)c1. The van der Waals surface area contributed by atoms with Crippen LogP contribution in [0.4, 0.5) is 0 Å². The molecule has 0 aliphatic heterocycles. The highest BCUT2D eigenvalue weighted by molar-refractivity contribution is 6.24. The molecule has 0 radical (unpaired) electrons. The zero-order valence-electron chi connectivity index (χ0n) is 26.5. The van der Waals surface area contributed by atoms with Crippen molar-refractivity contribution in [2.75, 3.05) is 0 Å². The fourth-order valence-electron chi connectivity index (χ4n) is 8.13. The Hall–Kier alpha value is -6.65. The molecule has 0 spiro atoms. The minimum atomic E-state index is 0.975. The molecule has 11 aromatic rings. The molecule has 0 atom stereocenters. The number of hydrogen-bond donors (Lipinski definition) is 0. The summed E-state index contributed by atoms with van der Waals surface area (Å²) >= 11 is 0. The molecule has 0 aliphatic rings. The number of hydrogen-bond acceptors (Lipinski definition) is 1. The summed E-state index contributed by atoms with van der Waals surface area (Å²) in [5.41, 5.74) is 12.4. The summed E-state index contributed by atoms with van der Waals surface area (Å²) in [6.07, 6.45) is 0. The molecule has 0 bridgehead atoms. The second-order valence-corrected chi connectivity index (χ2v) is 12.8. The highest BCUT2D eigenvalue weighted by atomic mass is 15.1. The summed E-state index contributed by atoms with van der Waals surface area (Å²) in [6.45, 7) is 0. The summed E-state index contributed by atoms with van der Waals surface area (Å²) in [5, 5.41) is 7.37. The van der Waals surface area contributed by atoms with Crippen molar-refractivity contribution in [3.63, 3.8) is 0 Å². The van der Waals surface area contributed by atoms with Gasteiger partial charge in [-0.05, 0) is 71.1 Å². The average Bonchev–Trinajstić information content (AvgIpc) is 3.83. The molecule has 4 heteroatoms. The van der Waals surface area contributed by atoms with Crippen LogP contribution in [0, 0.1) is 0 Å². The summed E-state index contributed by atoms with van der Waals surface area (Å²) in [4.78, 5) is 5.19. The number of aromatic nitrogens is 4. The van der Waals surface area contributed by atoms with E-state index in [-0.39, 0.29) is 0 Å². The first kappa shape index (κ1) is 26.4. The van der Waals surface area contributed by atoms with E-state index < -0.39 is 0 Å². The van der Waals surface area contributed by atoms with Crippen LogP contribution >= 0.6 is 0 Å². The maximum atomic E-state index is 5.19. The standard InChI is InChI=1S/C45H28N4/c1-2-20-36-35(19-1)43-37-21-5-9-25-41(37)48(45(43)49-42-26-10-6-22-38(42)46-44(36)49)32-16-12-14-30(28-32)29-13-11-15-31(27-29)47-39-23-7-3-17-33(39)34-18-4-8-24-40(34)47/h1-28H. The van der Waals surface area contributed by atoms with Gasteiger partial charge in [-0.1, -0.05) is 115 Å². The normalized spacial score (nSPS) is 12.1. The van der Waals surface area contributed by atoms with Gasteiger partial charge in [0.15, 0.2) is 0 Å². The monoisotopic (exact) mass is 624 g/mol. The van der Waals surface area contributed by atoms with Gasteiger partial charge in [-0.15, -0.1) is 0 Å². The van der Waals surface area contributed by atoms with Crippen molar-refractivity contribution >= 4 is 71.2 Å². The third-order valence-electron chi connectivity index (χ3n) is 10.2. The number of pyridine rings is 1. The van der Waals surface area contributed by atoms with Crippen LogP contribution in [0.1, 0.15) is 0 Å². The molecular formula is C45H28N4. The Morgan fingerprint density at radius 2 is 0.857 bits per heavy atom. The second-order valence-electron chi connectivity index (χ2n) is 12.8. The van der Waals surface area contributed by atoms with E-state index in [2.05, 4.69) is 183 Å². The van der Waals surface area contributed by atoms with E-state index in [9.17, 15) is 0 Å². The fourth-order valence-corrected chi connectivity index (χ4v) is 8.13. The molecule has 49 heavy (non-hydrogen) atoms. The van der Waals surface area contributed by atoms with Gasteiger partial charge in [-0.3, -0.25) is 8.97 Å². The van der Waals surface area contributed by atoms with Gasteiger partial charge in [0.05, 0.1) is 27.6 Å². The van der Waals surface area contributed by atoms with Gasteiger partial charge in [-0.25, -0.2) is 4.98 Å². The second kappa shape index (κ2) is 9.93. The Balaban J connectivity index is 1.19. The molecule has 0 amide bonds. The van der Waals surface area contributed by atoms with Crippen molar-refractivity contribution in [1.29, 1.82) is 0 Å². The molecule has 0 aliphatic carbocycles. The van der Waals surface area contributed by atoms with Gasteiger partial charge in [0.25, 0.3) is 0 Å². The van der Waals surface area contributed by atoms with E-state index in [0.717, 1.165) is 39.1 Å². The molecule has 228 valence electrons. The van der Waals surface area contributed by atoms with E-state index in [1.54, 1.807) is 0 Å².